The second-order valence-corrected chi connectivity index (χ2v) is 7.78. The Labute approximate surface area is 187 Å². The van der Waals surface area contributed by atoms with Gasteiger partial charge in [0.2, 0.25) is 0 Å². The molecule has 0 aliphatic heterocycles. The minimum absolute atomic E-state index is 0.169. The van der Waals surface area contributed by atoms with Crippen molar-refractivity contribution < 1.29 is 4.79 Å². The second-order valence-electron chi connectivity index (χ2n) is 7.78. The molecular weight excluding hydrogens is 420 g/mol. The van der Waals surface area contributed by atoms with E-state index in [0.717, 1.165) is 31.7 Å². The van der Waals surface area contributed by atoms with Crippen LogP contribution in [-0.2, 0) is 25.4 Å². The predicted octanol–water partition coefficient (Wildman–Crippen LogP) is 1.89. The molecule has 1 N–H and O–H groups in total. The number of rotatable bonds is 4. The molecule has 0 atom stereocenters. The van der Waals surface area contributed by atoms with Crippen LogP contribution in [0.5, 0.6) is 0 Å². The zero-order valence-corrected chi connectivity index (χ0v) is 18.0. The molecule has 5 rings (SSSR count). The van der Waals surface area contributed by atoms with Gasteiger partial charge in [-0.1, -0.05) is 48.5 Å². The standard InChI is InChI=1S/C24H20N6O3/c1-28-22-21(23(32)29(2)24(28)33)30(14-25-22)13-20(31)27-26-12-19-17-9-5-3-7-15(17)11-16-8-4-6-10-18(16)19/h3-12,14H,13H2,1-2H3,(H,27,31)/b26-12+. The van der Waals surface area contributed by atoms with Crippen LogP contribution in [0.3, 0.4) is 0 Å². The van der Waals surface area contributed by atoms with Crippen LogP contribution >= 0.6 is 0 Å². The second kappa shape index (κ2) is 7.86. The van der Waals surface area contributed by atoms with Crippen LogP contribution in [0, 0.1) is 0 Å². The first-order valence-electron chi connectivity index (χ1n) is 10.3. The minimum Gasteiger partial charge on any atom is -0.315 e. The zero-order chi connectivity index (χ0) is 23.1. The topological polar surface area (TPSA) is 103 Å². The summed E-state index contributed by atoms with van der Waals surface area (Å²) in [6.45, 7) is -0.169. The Balaban J connectivity index is 1.45. The molecule has 0 saturated carbocycles. The lowest BCUT2D eigenvalue weighted by molar-refractivity contribution is -0.121. The summed E-state index contributed by atoms with van der Waals surface area (Å²) in [5, 5.41) is 8.39. The molecule has 1 amide bonds. The minimum atomic E-state index is -0.510. The van der Waals surface area contributed by atoms with Gasteiger partial charge in [0.05, 0.1) is 12.5 Å². The van der Waals surface area contributed by atoms with Gasteiger partial charge in [0, 0.05) is 19.7 Å². The van der Waals surface area contributed by atoms with Crippen LogP contribution in [-0.4, -0.2) is 30.8 Å². The number of nitrogens with one attached hydrogen (secondary N) is 1. The molecule has 0 unspecified atom stereocenters. The molecule has 164 valence electrons. The van der Waals surface area contributed by atoms with E-state index in [1.807, 2.05) is 48.5 Å². The van der Waals surface area contributed by atoms with Crippen LogP contribution in [0.25, 0.3) is 32.7 Å². The average Bonchev–Trinajstić information content (AvgIpc) is 3.24. The SMILES string of the molecule is Cn1c(=O)c2c(ncn2CC(=O)N/N=C/c2c3ccccc3cc3ccccc23)n(C)c1=O. The first-order valence-corrected chi connectivity index (χ1v) is 10.3. The number of hydrogen-bond donors (Lipinski definition) is 1. The lowest BCUT2D eigenvalue weighted by Gasteiger charge is -2.08. The molecule has 9 nitrogen and oxygen atoms in total. The van der Waals surface area contributed by atoms with Crippen molar-refractivity contribution >= 4 is 44.8 Å². The number of carbonyl (C=O) groups is 1. The van der Waals surface area contributed by atoms with Crippen molar-refractivity contribution in [1.82, 2.24) is 24.1 Å². The number of aryl methyl sites for hydroxylation is 1. The molecule has 0 bridgehead atoms. The third-order valence-corrected chi connectivity index (χ3v) is 5.73. The molecule has 0 aliphatic carbocycles. The number of aromatic nitrogens is 4. The van der Waals surface area contributed by atoms with Gasteiger partial charge in [-0.15, -0.1) is 0 Å². The van der Waals surface area contributed by atoms with E-state index < -0.39 is 17.2 Å². The Hall–Kier alpha value is -4.53. The van der Waals surface area contributed by atoms with Crippen molar-refractivity contribution in [2.75, 3.05) is 0 Å². The third kappa shape index (κ3) is 3.39. The van der Waals surface area contributed by atoms with Gasteiger partial charge in [0.1, 0.15) is 6.54 Å². The van der Waals surface area contributed by atoms with Crippen molar-refractivity contribution in [3.63, 3.8) is 0 Å². The maximum absolute atomic E-state index is 12.6. The van der Waals surface area contributed by atoms with Gasteiger partial charge in [0.25, 0.3) is 11.5 Å². The van der Waals surface area contributed by atoms with E-state index in [1.165, 1.54) is 29.6 Å². The van der Waals surface area contributed by atoms with E-state index >= 15 is 0 Å². The Kier molecular flexibility index (Phi) is 4.86. The van der Waals surface area contributed by atoms with Crippen molar-refractivity contribution in [2.24, 2.45) is 19.2 Å². The van der Waals surface area contributed by atoms with Crippen LogP contribution < -0.4 is 16.7 Å². The fourth-order valence-corrected chi connectivity index (χ4v) is 4.06. The van der Waals surface area contributed by atoms with Crippen molar-refractivity contribution in [2.45, 2.75) is 6.54 Å². The molecular formula is C24H20N6O3. The van der Waals surface area contributed by atoms with Gasteiger partial charge in [-0.25, -0.2) is 15.2 Å². The number of hydrogen-bond acceptors (Lipinski definition) is 5. The number of benzene rings is 3. The maximum atomic E-state index is 12.6. The summed E-state index contributed by atoms with van der Waals surface area (Å²) in [5.74, 6) is -0.425. The summed E-state index contributed by atoms with van der Waals surface area (Å²) in [7, 11) is 2.92. The van der Waals surface area contributed by atoms with Gasteiger partial charge in [-0.05, 0) is 27.6 Å². The Morgan fingerprint density at radius 2 is 1.64 bits per heavy atom. The third-order valence-electron chi connectivity index (χ3n) is 5.73. The lowest BCUT2D eigenvalue weighted by atomic mass is 9.97. The number of carbonyl (C=O) groups excluding carboxylic acids is 1. The molecule has 5 aromatic rings. The van der Waals surface area contributed by atoms with Crippen molar-refractivity contribution in [3.8, 4) is 0 Å². The van der Waals surface area contributed by atoms with Crippen LogP contribution in [0.2, 0.25) is 0 Å². The van der Waals surface area contributed by atoms with Crippen LogP contribution in [0.1, 0.15) is 5.56 Å². The molecule has 0 saturated heterocycles. The van der Waals surface area contributed by atoms with Gasteiger partial charge in [0.15, 0.2) is 11.2 Å². The first-order chi connectivity index (χ1) is 16.0. The summed E-state index contributed by atoms with van der Waals surface area (Å²) in [4.78, 5) is 41.3. The highest BCUT2D eigenvalue weighted by atomic mass is 16.2. The van der Waals surface area contributed by atoms with Gasteiger partial charge < -0.3 is 4.57 Å². The highest BCUT2D eigenvalue weighted by Gasteiger charge is 2.15. The molecule has 0 fully saturated rings. The average molecular weight is 440 g/mol. The maximum Gasteiger partial charge on any atom is 0.332 e. The summed E-state index contributed by atoms with van der Waals surface area (Å²) in [6, 6.07) is 18.1. The number of amides is 1. The molecule has 3 aromatic carbocycles. The van der Waals surface area contributed by atoms with Crippen LogP contribution in [0.15, 0.2) is 75.6 Å². The number of fused-ring (bicyclic) bond motifs is 3. The lowest BCUT2D eigenvalue weighted by Crippen LogP contribution is -2.38. The highest BCUT2D eigenvalue weighted by molar-refractivity contribution is 6.13. The molecule has 0 radical (unpaired) electrons. The van der Waals surface area contributed by atoms with Crippen molar-refractivity contribution in [1.29, 1.82) is 0 Å². The summed E-state index contributed by atoms with van der Waals surface area (Å²) in [5.41, 5.74) is 2.85. The molecule has 0 spiro atoms. The summed E-state index contributed by atoms with van der Waals surface area (Å²) in [6.07, 6.45) is 3.00. The van der Waals surface area contributed by atoms with Gasteiger partial charge >= 0.3 is 5.69 Å². The predicted molar refractivity (Wildman–Crippen MR) is 127 cm³/mol. The zero-order valence-electron chi connectivity index (χ0n) is 18.0. The quantitative estimate of drug-likeness (QED) is 0.262. The van der Waals surface area contributed by atoms with Gasteiger partial charge in [-0.2, -0.15) is 5.10 Å². The molecule has 2 heterocycles. The normalized spacial score (nSPS) is 11.7. The van der Waals surface area contributed by atoms with Crippen LogP contribution in [0.4, 0.5) is 0 Å². The summed E-state index contributed by atoms with van der Waals surface area (Å²) < 4.78 is 3.67. The Bertz CT molecular complexity index is 1650. The van der Waals surface area contributed by atoms with E-state index in [4.69, 9.17) is 0 Å². The number of hydrazone groups is 1. The summed E-state index contributed by atoms with van der Waals surface area (Å²) >= 11 is 0. The monoisotopic (exact) mass is 440 g/mol. The van der Waals surface area contributed by atoms with E-state index in [1.54, 1.807) is 6.21 Å². The van der Waals surface area contributed by atoms with Gasteiger partial charge in [-0.3, -0.25) is 18.7 Å². The van der Waals surface area contributed by atoms with Crippen molar-refractivity contribution in [3.05, 3.63) is 87.3 Å². The van der Waals surface area contributed by atoms with E-state index in [-0.39, 0.29) is 17.7 Å². The molecule has 9 heteroatoms. The molecule has 33 heavy (non-hydrogen) atoms. The largest absolute Gasteiger partial charge is 0.332 e. The number of imidazole rings is 1. The molecule has 0 aliphatic rings. The smallest absolute Gasteiger partial charge is 0.315 e. The fourth-order valence-electron chi connectivity index (χ4n) is 4.06. The highest BCUT2D eigenvalue weighted by Crippen LogP contribution is 2.27. The molecule has 2 aromatic heterocycles. The fraction of sp³-hybridized carbons (Fsp3) is 0.125. The first kappa shape index (κ1) is 20.4. The Morgan fingerprint density at radius 3 is 2.30 bits per heavy atom. The Morgan fingerprint density at radius 1 is 1.00 bits per heavy atom. The van der Waals surface area contributed by atoms with E-state index in [9.17, 15) is 14.4 Å². The van der Waals surface area contributed by atoms with E-state index in [0.29, 0.717) is 0 Å². The number of nitrogens with zero attached hydrogens (tertiary/aromatic N) is 5. The van der Waals surface area contributed by atoms with E-state index in [2.05, 4.69) is 21.6 Å².